The summed E-state index contributed by atoms with van der Waals surface area (Å²) in [7, 11) is 0. The number of fused-ring (bicyclic) bond motifs is 1. The lowest BCUT2D eigenvalue weighted by Crippen LogP contribution is -1.91. The van der Waals surface area contributed by atoms with Crippen molar-refractivity contribution in [3.05, 3.63) is 30.5 Å². The third-order valence-corrected chi connectivity index (χ3v) is 1.58. The van der Waals surface area contributed by atoms with Crippen molar-refractivity contribution < 1.29 is 4.79 Å². The number of nitrogens with zero attached hydrogens (tertiary/aromatic N) is 3. The standard InChI is InChI=1S/C8H5N3O/c12-4-8-6-1-2-9-3-7(6)10-5-11-8/h1-5H. The highest BCUT2D eigenvalue weighted by molar-refractivity contribution is 5.93. The zero-order valence-corrected chi connectivity index (χ0v) is 6.14. The highest BCUT2D eigenvalue weighted by Gasteiger charge is 1.99. The minimum atomic E-state index is 0.405. The lowest BCUT2D eigenvalue weighted by Gasteiger charge is -1.95. The van der Waals surface area contributed by atoms with Crippen LogP contribution in [-0.4, -0.2) is 21.2 Å². The Bertz CT molecular complexity index is 422. The fourth-order valence-electron chi connectivity index (χ4n) is 1.02. The molecule has 0 radical (unpaired) electrons. The van der Waals surface area contributed by atoms with Crippen LogP contribution in [0.25, 0.3) is 10.9 Å². The second-order valence-corrected chi connectivity index (χ2v) is 2.27. The Morgan fingerprint density at radius 3 is 3.08 bits per heavy atom. The molecule has 0 N–H and O–H groups in total. The van der Waals surface area contributed by atoms with Gasteiger partial charge in [-0.3, -0.25) is 9.78 Å². The zero-order valence-electron chi connectivity index (χ0n) is 6.14. The van der Waals surface area contributed by atoms with E-state index < -0.39 is 0 Å². The van der Waals surface area contributed by atoms with Gasteiger partial charge in [0.2, 0.25) is 0 Å². The van der Waals surface area contributed by atoms with Crippen LogP contribution in [0.4, 0.5) is 0 Å². The normalized spacial score (nSPS) is 10.0. The maximum absolute atomic E-state index is 10.5. The molecule has 0 saturated heterocycles. The molecule has 12 heavy (non-hydrogen) atoms. The molecule has 0 saturated carbocycles. The zero-order chi connectivity index (χ0) is 8.39. The average molecular weight is 159 g/mol. The molecule has 2 aromatic heterocycles. The molecule has 2 rings (SSSR count). The van der Waals surface area contributed by atoms with Crippen molar-refractivity contribution in [2.75, 3.05) is 0 Å². The van der Waals surface area contributed by atoms with Gasteiger partial charge in [0.05, 0.1) is 11.7 Å². The Morgan fingerprint density at radius 1 is 1.33 bits per heavy atom. The van der Waals surface area contributed by atoms with Gasteiger partial charge in [0.1, 0.15) is 12.0 Å². The van der Waals surface area contributed by atoms with Crippen LogP contribution >= 0.6 is 0 Å². The van der Waals surface area contributed by atoms with E-state index in [-0.39, 0.29) is 0 Å². The van der Waals surface area contributed by atoms with Crippen molar-refractivity contribution in [3.63, 3.8) is 0 Å². The molecule has 4 nitrogen and oxygen atoms in total. The number of aldehydes is 1. The molecule has 2 heterocycles. The molecule has 0 aliphatic carbocycles. The number of rotatable bonds is 1. The molecule has 58 valence electrons. The minimum absolute atomic E-state index is 0.405. The summed E-state index contributed by atoms with van der Waals surface area (Å²) >= 11 is 0. The van der Waals surface area contributed by atoms with Gasteiger partial charge < -0.3 is 0 Å². The van der Waals surface area contributed by atoms with Crippen LogP contribution in [0.3, 0.4) is 0 Å². The predicted molar refractivity (Wildman–Crippen MR) is 42.7 cm³/mol. The molecule has 0 unspecified atom stereocenters. The number of carbonyl (C=O) groups excluding carboxylic acids is 1. The Labute approximate surface area is 68.3 Å². The maximum atomic E-state index is 10.5. The molecule has 0 atom stereocenters. The third-order valence-electron chi connectivity index (χ3n) is 1.58. The fourth-order valence-corrected chi connectivity index (χ4v) is 1.02. The smallest absolute Gasteiger partial charge is 0.169 e. The van der Waals surface area contributed by atoms with E-state index in [0.29, 0.717) is 17.5 Å². The van der Waals surface area contributed by atoms with E-state index in [1.165, 1.54) is 6.33 Å². The van der Waals surface area contributed by atoms with Crippen LogP contribution in [0.2, 0.25) is 0 Å². The maximum Gasteiger partial charge on any atom is 0.169 e. The summed E-state index contributed by atoms with van der Waals surface area (Å²) in [4.78, 5) is 22.2. The molecule has 0 aliphatic rings. The molecular formula is C8H5N3O. The largest absolute Gasteiger partial charge is 0.296 e. The summed E-state index contributed by atoms with van der Waals surface area (Å²) in [6.45, 7) is 0. The molecule has 2 aromatic rings. The van der Waals surface area contributed by atoms with Crippen LogP contribution in [-0.2, 0) is 0 Å². The first-order valence-corrected chi connectivity index (χ1v) is 3.42. The molecule has 0 aromatic carbocycles. The van der Waals surface area contributed by atoms with Crippen molar-refractivity contribution in [1.82, 2.24) is 15.0 Å². The van der Waals surface area contributed by atoms with Crippen LogP contribution < -0.4 is 0 Å². The fraction of sp³-hybridized carbons (Fsp3) is 0. The average Bonchev–Trinajstić information content (AvgIpc) is 2.17. The van der Waals surface area contributed by atoms with Crippen molar-refractivity contribution >= 4 is 17.2 Å². The highest BCUT2D eigenvalue weighted by Crippen LogP contribution is 2.09. The Balaban J connectivity index is 2.88. The summed E-state index contributed by atoms with van der Waals surface area (Å²) in [5.74, 6) is 0. The van der Waals surface area contributed by atoms with E-state index in [1.807, 2.05) is 0 Å². The topological polar surface area (TPSA) is 55.7 Å². The first-order chi connectivity index (χ1) is 5.92. The van der Waals surface area contributed by atoms with Crippen molar-refractivity contribution in [3.8, 4) is 0 Å². The van der Waals surface area contributed by atoms with E-state index in [9.17, 15) is 4.79 Å². The monoisotopic (exact) mass is 159 g/mol. The SMILES string of the molecule is O=Cc1ncnc2cnccc12. The van der Waals surface area contributed by atoms with Crippen molar-refractivity contribution in [2.45, 2.75) is 0 Å². The molecule has 4 heteroatoms. The first kappa shape index (κ1) is 6.84. The van der Waals surface area contributed by atoms with Crippen molar-refractivity contribution in [2.24, 2.45) is 0 Å². The van der Waals surface area contributed by atoms with Gasteiger partial charge >= 0.3 is 0 Å². The summed E-state index contributed by atoms with van der Waals surface area (Å²) in [5.41, 5.74) is 1.09. The van der Waals surface area contributed by atoms with Crippen LogP contribution in [0.5, 0.6) is 0 Å². The van der Waals surface area contributed by atoms with Gasteiger partial charge in [-0.05, 0) is 6.07 Å². The summed E-state index contributed by atoms with van der Waals surface area (Å²) < 4.78 is 0. The summed E-state index contributed by atoms with van der Waals surface area (Å²) in [6.07, 6.45) is 5.28. The molecule has 0 fully saturated rings. The van der Waals surface area contributed by atoms with Gasteiger partial charge in [0.15, 0.2) is 6.29 Å². The van der Waals surface area contributed by atoms with Crippen molar-refractivity contribution in [1.29, 1.82) is 0 Å². The first-order valence-electron chi connectivity index (χ1n) is 3.42. The van der Waals surface area contributed by atoms with E-state index in [4.69, 9.17) is 0 Å². The van der Waals surface area contributed by atoms with Crippen LogP contribution in [0.15, 0.2) is 24.8 Å². The Kier molecular flexibility index (Phi) is 1.51. The number of aromatic nitrogens is 3. The van der Waals surface area contributed by atoms with E-state index >= 15 is 0 Å². The van der Waals surface area contributed by atoms with Crippen LogP contribution in [0.1, 0.15) is 10.5 Å². The van der Waals surface area contributed by atoms with Crippen LogP contribution in [0, 0.1) is 0 Å². The van der Waals surface area contributed by atoms with Gasteiger partial charge in [-0.1, -0.05) is 0 Å². The molecule has 0 spiro atoms. The molecule has 0 bridgehead atoms. The summed E-state index contributed by atoms with van der Waals surface area (Å²) in [6, 6.07) is 1.72. The Morgan fingerprint density at radius 2 is 2.25 bits per heavy atom. The molecule has 0 aliphatic heterocycles. The lowest BCUT2D eigenvalue weighted by molar-refractivity contribution is 0.112. The predicted octanol–water partition coefficient (Wildman–Crippen LogP) is 0.837. The highest BCUT2D eigenvalue weighted by atomic mass is 16.1. The Hall–Kier alpha value is -1.84. The third kappa shape index (κ3) is 0.934. The van der Waals surface area contributed by atoms with Gasteiger partial charge in [-0.15, -0.1) is 0 Å². The van der Waals surface area contributed by atoms with Gasteiger partial charge in [0, 0.05) is 11.6 Å². The van der Waals surface area contributed by atoms with E-state index in [0.717, 1.165) is 5.39 Å². The number of pyridine rings is 1. The van der Waals surface area contributed by atoms with Gasteiger partial charge in [-0.2, -0.15) is 0 Å². The minimum Gasteiger partial charge on any atom is -0.296 e. The number of hydrogen-bond donors (Lipinski definition) is 0. The number of carbonyl (C=O) groups is 1. The van der Waals surface area contributed by atoms with Gasteiger partial charge in [-0.25, -0.2) is 9.97 Å². The summed E-state index contributed by atoms with van der Waals surface area (Å²) in [5, 5.41) is 0.738. The second kappa shape index (κ2) is 2.65. The van der Waals surface area contributed by atoms with Gasteiger partial charge in [0.25, 0.3) is 0 Å². The molecule has 0 amide bonds. The number of hydrogen-bond acceptors (Lipinski definition) is 4. The molecular weight excluding hydrogens is 154 g/mol. The lowest BCUT2D eigenvalue weighted by atomic mass is 10.2. The van der Waals surface area contributed by atoms with E-state index in [1.54, 1.807) is 18.5 Å². The van der Waals surface area contributed by atoms with E-state index in [2.05, 4.69) is 15.0 Å². The second-order valence-electron chi connectivity index (χ2n) is 2.27. The quantitative estimate of drug-likeness (QED) is 0.578.